The van der Waals surface area contributed by atoms with Crippen LogP contribution >= 0.6 is 0 Å². The molecule has 2 rings (SSSR count). The fourth-order valence-corrected chi connectivity index (χ4v) is 2.17. The summed E-state index contributed by atoms with van der Waals surface area (Å²) in [6, 6.07) is 4.92. The second-order valence-electron chi connectivity index (χ2n) is 4.85. The standard InChI is InChI=1S/C15H19N3O4/c1-21-11-7-8-13(22-2)12(9-11)16-14(19)15(20)18-17-10-5-3-4-6-10/h7-9H,3-6H2,1-2H3,(H,16,19)(H,18,20). The quantitative estimate of drug-likeness (QED) is 0.654. The summed E-state index contributed by atoms with van der Waals surface area (Å²) in [7, 11) is 2.99. The van der Waals surface area contributed by atoms with E-state index >= 15 is 0 Å². The third kappa shape index (κ3) is 3.97. The summed E-state index contributed by atoms with van der Waals surface area (Å²) in [5, 5.41) is 6.45. The molecule has 1 aliphatic rings. The van der Waals surface area contributed by atoms with Crippen LogP contribution < -0.4 is 20.2 Å². The van der Waals surface area contributed by atoms with Gasteiger partial charge in [-0.05, 0) is 37.8 Å². The van der Waals surface area contributed by atoms with Gasteiger partial charge in [0.2, 0.25) is 0 Å². The number of hydrogen-bond acceptors (Lipinski definition) is 5. The van der Waals surface area contributed by atoms with Gasteiger partial charge in [-0.15, -0.1) is 0 Å². The zero-order valence-corrected chi connectivity index (χ0v) is 12.6. The molecule has 1 saturated carbocycles. The van der Waals surface area contributed by atoms with Crippen molar-refractivity contribution >= 4 is 23.2 Å². The second kappa shape index (κ2) is 7.44. The van der Waals surface area contributed by atoms with Gasteiger partial charge in [-0.1, -0.05) is 0 Å². The average Bonchev–Trinajstić information content (AvgIpc) is 3.05. The maximum Gasteiger partial charge on any atom is 0.329 e. The Morgan fingerprint density at radius 1 is 1.09 bits per heavy atom. The van der Waals surface area contributed by atoms with Crippen molar-refractivity contribution < 1.29 is 19.1 Å². The molecular formula is C15H19N3O4. The minimum absolute atomic E-state index is 0.357. The molecule has 7 heteroatoms. The molecule has 1 aromatic rings. The van der Waals surface area contributed by atoms with Crippen LogP contribution in [0.2, 0.25) is 0 Å². The number of anilines is 1. The number of nitrogens with zero attached hydrogens (tertiary/aromatic N) is 1. The van der Waals surface area contributed by atoms with Gasteiger partial charge in [0.25, 0.3) is 0 Å². The molecule has 22 heavy (non-hydrogen) atoms. The lowest BCUT2D eigenvalue weighted by atomic mass is 10.2. The first-order valence-corrected chi connectivity index (χ1v) is 7.03. The first-order valence-electron chi connectivity index (χ1n) is 7.03. The van der Waals surface area contributed by atoms with E-state index in [2.05, 4.69) is 15.8 Å². The van der Waals surface area contributed by atoms with Crippen LogP contribution in [0.25, 0.3) is 0 Å². The van der Waals surface area contributed by atoms with Crippen LogP contribution in [0, 0.1) is 0 Å². The van der Waals surface area contributed by atoms with E-state index in [1.54, 1.807) is 18.2 Å². The molecular weight excluding hydrogens is 286 g/mol. The van der Waals surface area contributed by atoms with Crippen molar-refractivity contribution in [1.29, 1.82) is 0 Å². The van der Waals surface area contributed by atoms with Crippen LogP contribution in [-0.2, 0) is 9.59 Å². The first kappa shape index (κ1) is 15.8. The lowest BCUT2D eigenvalue weighted by molar-refractivity contribution is -0.136. The molecule has 2 N–H and O–H groups in total. The molecule has 0 spiro atoms. The van der Waals surface area contributed by atoms with Crippen molar-refractivity contribution in [2.24, 2.45) is 5.10 Å². The number of methoxy groups -OCH3 is 2. The van der Waals surface area contributed by atoms with Gasteiger partial charge in [-0.2, -0.15) is 5.10 Å². The van der Waals surface area contributed by atoms with Gasteiger partial charge in [0.05, 0.1) is 19.9 Å². The van der Waals surface area contributed by atoms with E-state index in [1.807, 2.05) is 0 Å². The summed E-state index contributed by atoms with van der Waals surface area (Å²) in [6.45, 7) is 0. The average molecular weight is 305 g/mol. The third-order valence-electron chi connectivity index (χ3n) is 3.36. The number of amides is 2. The Hall–Kier alpha value is -2.57. The predicted octanol–water partition coefficient (Wildman–Crippen LogP) is 1.69. The molecule has 2 amide bonds. The van der Waals surface area contributed by atoms with Gasteiger partial charge in [0, 0.05) is 11.8 Å². The number of hydrazone groups is 1. The molecule has 0 atom stereocenters. The van der Waals surface area contributed by atoms with E-state index in [9.17, 15) is 9.59 Å². The molecule has 1 aliphatic carbocycles. The largest absolute Gasteiger partial charge is 0.497 e. The number of ether oxygens (including phenoxy) is 2. The smallest absolute Gasteiger partial charge is 0.329 e. The molecule has 0 bridgehead atoms. The summed E-state index contributed by atoms with van der Waals surface area (Å²) in [5.74, 6) is -0.648. The normalized spacial score (nSPS) is 13.5. The Labute approximate surface area is 128 Å². The van der Waals surface area contributed by atoms with E-state index in [4.69, 9.17) is 9.47 Å². The Morgan fingerprint density at radius 2 is 1.82 bits per heavy atom. The molecule has 0 heterocycles. The molecule has 1 aromatic carbocycles. The molecule has 7 nitrogen and oxygen atoms in total. The summed E-state index contributed by atoms with van der Waals surface area (Å²) >= 11 is 0. The molecule has 0 unspecified atom stereocenters. The SMILES string of the molecule is COc1ccc(OC)c(NC(=O)C(=O)NN=C2CCCC2)c1. The number of hydrogen-bond donors (Lipinski definition) is 2. The number of carbonyl (C=O) groups is 2. The van der Waals surface area contributed by atoms with Crippen LogP contribution in [0.3, 0.4) is 0 Å². The Balaban J connectivity index is 2.01. The van der Waals surface area contributed by atoms with Gasteiger partial charge in [-0.25, -0.2) is 5.43 Å². The lowest BCUT2D eigenvalue weighted by Gasteiger charge is -2.11. The highest BCUT2D eigenvalue weighted by molar-refractivity contribution is 6.39. The van der Waals surface area contributed by atoms with Crippen molar-refractivity contribution in [3.63, 3.8) is 0 Å². The molecule has 0 radical (unpaired) electrons. The van der Waals surface area contributed by atoms with Crippen molar-refractivity contribution in [1.82, 2.24) is 5.43 Å². The van der Waals surface area contributed by atoms with E-state index in [0.717, 1.165) is 31.4 Å². The lowest BCUT2D eigenvalue weighted by Crippen LogP contribution is -2.33. The highest BCUT2D eigenvalue weighted by Crippen LogP contribution is 2.28. The highest BCUT2D eigenvalue weighted by Gasteiger charge is 2.17. The summed E-state index contributed by atoms with van der Waals surface area (Å²) in [5.41, 5.74) is 3.55. The highest BCUT2D eigenvalue weighted by atomic mass is 16.5. The molecule has 0 saturated heterocycles. The topological polar surface area (TPSA) is 89.0 Å². The molecule has 118 valence electrons. The summed E-state index contributed by atoms with van der Waals surface area (Å²) < 4.78 is 10.2. The zero-order chi connectivity index (χ0) is 15.9. The van der Waals surface area contributed by atoms with Crippen LogP contribution in [0.1, 0.15) is 25.7 Å². The number of carbonyl (C=O) groups excluding carboxylic acids is 2. The van der Waals surface area contributed by atoms with Crippen molar-refractivity contribution in [3.05, 3.63) is 18.2 Å². The minimum Gasteiger partial charge on any atom is -0.497 e. The monoisotopic (exact) mass is 305 g/mol. The first-order chi connectivity index (χ1) is 10.6. The van der Waals surface area contributed by atoms with Crippen LogP contribution in [0.15, 0.2) is 23.3 Å². The van der Waals surface area contributed by atoms with E-state index < -0.39 is 11.8 Å². The minimum atomic E-state index is -0.815. The summed E-state index contributed by atoms with van der Waals surface area (Å²) in [6.07, 6.45) is 3.88. The maximum absolute atomic E-state index is 11.9. The van der Waals surface area contributed by atoms with E-state index in [0.29, 0.717) is 17.2 Å². The molecule has 0 aromatic heterocycles. The van der Waals surface area contributed by atoms with Gasteiger partial charge in [0.1, 0.15) is 11.5 Å². The van der Waals surface area contributed by atoms with Gasteiger partial charge >= 0.3 is 11.8 Å². The number of rotatable bonds is 4. The Bertz CT molecular complexity index is 590. The van der Waals surface area contributed by atoms with Crippen LogP contribution in [-0.4, -0.2) is 31.7 Å². The summed E-state index contributed by atoms with van der Waals surface area (Å²) in [4.78, 5) is 23.7. The molecule has 1 fully saturated rings. The number of nitrogens with one attached hydrogen (secondary N) is 2. The molecule has 0 aliphatic heterocycles. The Kier molecular flexibility index (Phi) is 5.35. The third-order valence-corrected chi connectivity index (χ3v) is 3.36. The van der Waals surface area contributed by atoms with Crippen molar-refractivity contribution in [2.45, 2.75) is 25.7 Å². The fraction of sp³-hybridized carbons (Fsp3) is 0.400. The van der Waals surface area contributed by atoms with Crippen molar-refractivity contribution in [2.75, 3.05) is 19.5 Å². The number of benzene rings is 1. The van der Waals surface area contributed by atoms with Gasteiger partial charge in [0.15, 0.2) is 0 Å². The zero-order valence-electron chi connectivity index (χ0n) is 12.6. The van der Waals surface area contributed by atoms with Crippen LogP contribution in [0.4, 0.5) is 5.69 Å². The van der Waals surface area contributed by atoms with Crippen molar-refractivity contribution in [3.8, 4) is 11.5 Å². The van der Waals surface area contributed by atoms with Gasteiger partial charge in [-0.3, -0.25) is 9.59 Å². The predicted molar refractivity (Wildman–Crippen MR) is 82.2 cm³/mol. The second-order valence-corrected chi connectivity index (χ2v) is 4.85. The van der Waals surface area contributed by atoms with Gasteiger partial charge < -0.3 is 14.8 Å². The van der Waals surface area contributed by atoms with Crippen LogP contribution in [0.5, 0.6) is 11.5 Å². The Morgan fingerprint density at radius 3 is 2.45 bits per heavy atom. The maximum atomic E-state index is 11.9. The fourth-order valence-electron chi connectivity index (χ4n) is 2.17. The van der Waals surface area contributed by atoms with E-state index in [1.165, 1.54) is 14.2 Å². The van der Waals surface area contributed by atoms with E-state index in [-0.39, 0.29) is 0 Å².